The van der Waals surface area contributed by atoms with Crippen LogP contribution in [0, 0.1) is 17.5 Å². The second-order valence-corrected chi connectivity index (χ2v) is 20.8. The molecule has 18 nitrogen and oxygen atoms in total. The summed E-state index contributed by atoms with van der Waals surface area (Å²) >= 11 is 0. The Morgan fingerprint density at radius 2 is 1.65 bits per heavy atom. The Morgan fingerprint density at radius 1 is 0.922 bits per heavy atom. The van der Waals surface area contributed by atoms with Crippen molar-refractivity contribution in [3.63, 3.8) is 0 Å². The summed E-state index contributed by atoms with van der Waals surface area (Å²) < 4.78 is 55.0. The van der Waals surface area contributed by atoms with Gasteiger partial charge in [0.15, 0.2) is 0 Å². The second-order valence-electron chi connectivity index (χ2n) is 20.8. The van der Waals surface area contributed by atoms with Gasteiger partial charge in [0.05, 0.1) is 37.3 Å². The van der Waals surface area contributed by atoms with E-state index < -0.39 is 89.0 Å². The van der Waals surface area contributed by atoms with E-state index in [9.17, 15) is 28.4 Å². The van der Waals surface area contributed by atoms with Crippen molar-refractivity contribution < 1.29 is 51.4 Å². The van der Waals surface area contributed by atoms with Crippen molar-refractivity contribution in [1.29, 1.82) is 0 Å². The lowest BCUT2D eigenvalue weighted by Gasteiger charge is -2.44. The average Bonchev–Trinajstić information content (AvgIpc) is 4.02. The lowest BCUT2D eigenvalue weighted by Crippen LogP contribution is -2.63. The molecule has 0 aromatic heterocycles. The van der Waals surface area contributed by atoms with Gasteiger partial charge in [-0.05, 0) is 118 Å². The fourth-order valence-corrected chi connectivity index (χ4v) is 10.5. The molecule has 4 aromatic rings. The van der Waals surface area contributed by atoms with Crippen molar-refractivity contribution >= 4 is 52.5 Å². The molecule has 6 amide bonds. The maximum atomic E-state index is 15.3. The largest absolute Gasteiger partial charge is 0.383 e. The number of hydrogen-bond acceptors (Lipinski definition) is 13. The monoisotopic (exact) mass is 1070 g/mol. The molecule has 0 aliphatic carbocycles. The fourth-order valence-electron chi connectivity index (χ4n) is 10.5. The molecule has 4 aliphatic rings. The molecule has 8 atom stereocenters. The van der Waals surface area contributed by atoms with Crippen LogP contribution in [0.2, 0.25) is 0 Å². The average molecular weight is 1070 g/mol. The highest BCUT2D eigenvalue weighted by atomic mass is 19.1. The van der Waals surface area contributed by atoms with Crippen LogP contribution in [0.15, 0.2) is 78.9 Å². The number of piperazine rings is 1. The zero-order valence-electron chi connectivity index (χ0n) is 44.5. The summed E-state index contributed by atoms with van der Waals surface area (Å²) in [4.78, 5) is 93.4. The smallest absolute Gasteiger partial charge is 0.252 e. The number of methoxy groups -OCH3 is 1. The number of nitrogens with one attached hydrogen (secondary N) is 6. The van der Waals surface area contributed by atoms with E-state index in [1.54, 1.807) is 46.0 Å². The number of carbonyl (C=O) groups excluding carboxylic acids is 6. The third-order valence-corrected chi connectivity index (χ3v) is 15.3. The molecular formula is C56H69F3N10O8. The summed E-state index contributed by atoms with van der Waals surface area (Å²) in [5, 5.41) is 17.5. The van der Waals surface area contributed by atoms with Crippen LogP contribution < -0.4 is 31.9 Å². The normalized spacial score (nSPS) is 22.4. The first-order valence-electron chi connectivity index (χ1n) is 26.0. The highest BCUT2D eigenvalue weighted by Crippen LogP contribution is 2.40. The van der Waals surface area contributed by atoms with Crippen molar-refractivity contribution in [3.8, 4) is 0 Å². The number of para-hydroxylation sites is 1. The molecule has 6 N–H and O–H groups in total. The minimum absolute atomic E-state index is 0.0268. The van der Waals surface area contributed by atoms with E-state index in [4.69, 9.17) is 9.47 Å². The van der Waals surface area contributed by atoms with Gasteiger partial charge >= 0.3 is 0 Å². The minimum atomic E-state index is -1.54. The van der Waals surface area contributed by atoms with E-state index in [1.165, 1.54) is 31.4 Å². The first-order chi connectivity index (χ1) is 36.8. The number of rotatable bonds is 18. The maximum Gasteiger partial charge on any atom is 0.252 e. The maximum absolute atomic E-state index is 15.3. The summed E-state index contributed by atoms with van der Waals surface area (Å²) in [6.45, 7) is 11.7. The summed E-state index contributed by atoms with van der Waals surface area (Å²) in [7, 11) is 2.93. The molecule has 4 heterocycles. The molecule has 0 bridgehead atoms. The molecule has 4 aromatic carbocycles. The number of morpholine rings is 1. The Morgan fingerprint density at radius 3 is 2.35 bits per heavy atom. The van der Waals surface area contributed by atoms with Crippen LogP contribution in [0.1, 0.15) is 68.5 Å². The van der Waals surface area contributed by atoms with Crippen LogP contribution in [0.25, 0.3) is 0 Å². The first-order valence-corrected chi connectivity index (χ1v) is 26.0. The molecule has 21 heteroatoms. The number of carbonyl (C=O) groups is 6. The minimum Gasteiger partial charge on any atom is -0.383 e. The Labute approximate surface area is 446 Å². The number of imide groups is 1. The predicted octanol–water partition coefficient (Wildman–Crippen LogP) is 3.90. The SMILES string of the molecule is CN[C@@H](C)C(=O)N[C@H](C(=O)N1Cc2ccc(NC(=O)CN(C(=O)CN3C[C@@H](C)NC[C@@H]3CN3CCOC[C@H]3C)C(=O)[C@]3(C)CNc4cc(Cc5ccc(F)cc5)ccc43)cc2[C@H]1C(=O)Nc1c(F)cccc1F)[C@@H](C)OC. The van der Waals surface area contributed by atoms with Gasteiger partial charge in [0.2, 0.25) is 29.5 Å². The van der Waals surface area contributed by atoms with E-state index in [0.29, 0.717) is 56.1 Å². The highest BCUT2D eigenvalue weighted by Gasteiger charge is 2.47. The summed E-state index contributed by atoms with van der Waals surface area (Å²) in [5.41, 5.74) is 1.85. The highest BCUT2D eigenvalue weighted by molar-refractivity contribution is 6.07. The molecule has 8 rings (SSSR count). The Balaban J connectivity index is 1.09. The van der Waals surface area contributed by atoms with Crippen LogP contribution in [0.5, 0.6) is 0 Å². The Bertz CT molecular complexity index is 2840. The lowest BCUT2D eigenvalue weighted by atomic mass is 9.82. The molecule has 0 radical (unpaired) electrons. The third-order valence-electron chi connectivity index (χ3n) is 15.3. The number of amides is 6. The van der Waals surface area contributed by atoms with Crippen molar-refractivity contribution in [1.82, 2.24) is 35.6 Å². The zero-order valence-corrected chi connectivity index (χ0v) is 44.5. The van der Waals surface area contributed by atoms with Crippen molar-refractivity contribution in [2.24, 2.45) is 0 Å². The summed E-state index contributed by atoms with van der Waals surface area (Å²) in [6.07, 6.45) is -0.391. The number of anilines is 3. The Kier molecular flexibility index (Phi) is 17.8. The van der Waals surface area contributed by atoms with Gasteiger partial charge in [-0.3, -0.25) is 43.5 Å². The standard InChI is InChI=1S/C56H69F3N10O8/c1-32-25-67(41(24-61-32)27-66-19-20-77-30-33(66)2)29-48(71)68(55(75)56(5)31-62-46-22-37(13-18-43(46)56)21-36-11-15-39(57)16-12-36)28-47(70)63-40-17-14-38-26-69(54(74)49(35(4)76-7)64-52(72)34(3)60-6)51(42(38)23-40)53(73)65-50-44(58)9-8-10-45(50)59/h8-18,22-23,32-35,41,49,51,60-62H,19-21,24-31H2,1-7H3,(H,63,70)(H,64,72)(H,65,73)/t32-,33-,34+,35-,41-,49+,51+,56-/m1/s1. The van der Waals surface area contributed by atoms with Crippen LogP contribution >= 0.6 is 0 Å². The molecule has 412 valence electrons. The van der Waals surface area contributed by atoms with Gasteiger partial charge in [-0.25, -0.2) is 13.2 Å². The molecule has 2 saturated heterocycles. The molecule has 0 spiro atoms. The van der Waals surface area contributed by atoms with Crippen LogP contribution in [0.4, 0.5) is 30.2 Å². The number of benzene rings is 4. The van der Waals surface area contributed by atoms with Crippen LogP contribution in [0.3, 0.4) is 0 Å². The van der Waals surface area contributed by atoms with E-state index >= 15 is 13.6 Å². The number of nitrogens with zero attached hydrogens (tertiary/aromatic N) is 4. The van der Waals surface area contributed by atoms with Crippen LogP contribution in [-0.2, 0) is 56.6 Å². The third kappa shape index (κ3) is 12.7. The lowest BCUT2D eigenvalue weighted by molar-refractivity contribution is -0.151. The van der Waals surface area contributed by atoms with E-state index in [1.807, 2.05) is 25.1 Å². The van der Waals surface area contributed by atoms with Crippen molar-refractivity contribution in [2.75, 3.05) is 89.1 Å². The van der Waals surface area contributed by atoms with Gasteiger partial charge in [-0.2, -0.15) is 0 Å². The van der Waals surface area contributed by atoms with Gasteiger partial charge in [-0.1, -0.05) is 36.4 Å². The Hall–Kier alpha value is -6.75. The van der Waals surface area contributed by atoms with Gasteiger partial charge < -0.3 is 46.3 Å². The molecular weight excluding hydrogens is 998 g/mol. The molecule has 4 aliphatic heterocycles. The predicted molar refractivity (Wildman–Crippen MR) is 283 cm³/mol. The van der Waals surface area contributed by atoms with Gasteiger partial charge in [0.1, 0.15) is 41.8 Å². The van der Waals surface area contributed by atoms with Crippen molar-refractivity contribution in [3.05, 3.63) is 124 Å². The fraction of sp³-hybridized carbons (Fsp3) is 0.464. The number of fused-ring (bicyclic) bond motifs is 2. The molecule has 2 fully saturated rings. The summed E-state index contributed by atoms with van der Waals surface area (Å²) in [5.74, 6) is -6.66. The van der Waals surface area contributed by atoms with Crippen LogP contribution in [-0.4, -0.2) is 165 Å². The molecule has 0 unspecified atom stereocenters. The second kappa shape index (κ2) is 24.3. The van der Waals surface area contributed by atoms with Gasteiger partial charge in [0.25, 0.3) is 5.91 Å². The van der Waals surface area contributed by atoms with Gasteiger partial charge in [0, 0.05) is 75.9 Å². The number of likely N-dealkylation sites (N-methyl/N-ethyl adjacent to an activating group) is 1. The number of ether oxygens (including phenoxy) is 2. The quantitative estimate of drug-likeness (QED) is 0.0838. The van der Waals surface area contributed by atoms with Gasteiger partial charge in [-0.15, -0.1) is 0 Å². The topological polar surface area (TPSA) is 206 Å². The first kappa shape index (κ1) is 56.5. The van der Waals surface area contributed by atoms with E-state index in [0.717, 1.165) is 45.7 Å². The number of halogens is 3. The zero-order chi connectivity index (χ0) is 55.3. The van der Waals surface area contributed by atoms with E-state index in [2.05, 4.69) is 48.6 Å². The summed E-state index contributed by atoms with van der Waals surface area (Å²) in [6, 6.07) is 16.0. The number of hydrogen-bond donors (Lipinski definition) is 6. The van der Waals surface area contributed by atoms with E-state index in [-0.39, 0.29) is 54.8 Å². The molecule has 0 saturated carbocycles. The molecule has 77 heavy (non-hydrogen) atoms. The van der Waals surface area contributed by atoms with Crippen molar-refractivity contribution in [2.45, 2.75) is 95.4 Å².